The smallest absolute Gasteiger partial charge is 0.0583 e. The molecule has 0 aromatic rings. The maximum Gasteiger partial charge on any atom is 0.0583 e. The molecule has 1 heterocycles. The molecule has 0 unspecified atom stereocenters. The van der Waals surface area contributed by atoms with Gasteiger partial charge in [0, 0.05) is 18.0 Å². The summed E-state index contributed by atoms with van der Waals surface area (Å²) in [5.74, 6) is 0.517. The second-order valence-corrected chi connectivity index (χ2v) is 5.83. The van der Waals surface area contributed by atoms with Crippen molar-refractivity contribution in [1.29, 1.82) is 0 Å². The van der Waals surface area contributed by atoms with E-state index in [0.29, 0.717) is 18.0 Å². The van der Waals surface area contributed by atoms with Gasteiger partial charge in [-0.1, -0.05) is 32.1 Å². The van der Waals surface area contributed by atoms with Gasteiger partial charge in [-0.2, -0.15) is 0 Å². The minimum atomic E-state index is -0.0527. The molecule has 94 valence electrons. The average molecular weight is 225 g/mol. The molecule has 2 nitrogen and oxygen atoms in total. The van der Waals surface area contributed by atoms with Crippen LogP contribution in [0.2, 0.25) is 0 Å². The quantitative estimate of drug-likeness (QED) is 0.719. The first-order valence-corrected chi connectivity index (χ1v) is 7.21. The molecule has 1 saturated heterocycles. The maximum atomic E-state index is 10.3. The van der Waals surface area contributed by atoms with Gasteiger partial charge in [-0.25, -0.2) is 0 Å². The largest absolute Gasteiger partial charge is 0.393 e. The summed E-state index contributed by atoms with van der Waals surface area (Å²) in [6.45, 7) is 2.28. The summed E-state index contributed by atoms with van der Waals surface area (Å²) in [6.07, 6.45) is 11.3. The Kier molecular flexibility index (Phi) is 4.66. The Morgan fingerprint density at radius 1 is 0.875 bits per heavy atom. The lowest BCUT2D eigenvalue weighted by atomic mass is 9.80. The minimum Gasteiger partial charge on any atom is -0.393 e. The van der Waals surface area contributed by atoms with Gasteiger partial charge in [0.2, 0.25) is 0 Å². The van der Waals surface area contributed by atoms with Crippen LogP contribution in [0.15, 0.2) is 0 Å². The molecule has 1 saturated carbocycles. The average Bonchev–Trinajstić information content (AvgIpc) is 2.24. The summed E-state index contributed by atoms with van der Waals surface area (Å²) in [4.78, 5) is 0. The zero-order valence-electron chi connectivity index (χ0n) is 10.6. The summed E-state index contributed by atoms with van der Waals surface area (Å²) >= 11 is 0. The first-order valence-electron chi connectivity index (χ1n) is 7.21. The van der Waals surface area contributed by atoms with Crippen molar-refractivity contribution in [2.75, 3.05) is 0 Å². The summed E-state index contributed by atoms with van der Waals surface area (Å²) in [5.41, 5.74) is 0. The van der Waals surface area contributed by atoms with E-state index in [1.165, 1.54) is 51.4 Å². The van der Waals surface area contributed by atoms with E-state index in [1.807, 2.05) is 0 Å². The standard InChI is InChI=1S/C14H27NO/c1-11-7-6-9-13(15-11)12-8-4-2-3-5-10-14(12)16/h11-16H,2-10H2,1H3/t11-,12-,13-,14-/m0/s1. The van der Waals surface area contributed by atoms with E-state index in [-0.39, 0.29) is 6.10 Å². The fourth-order valence-electron chi connectivity index (χ4n) is 3.48. The first kappa shape index (κ1) is 12.4. The van der Waals surface area contributed by atoms with Gasteiger partial charge in [0.1, 0.15) is 0 Å². The van der Waals surface area contributed by atoms with Crippen LogP contribution in [0.1, 0.15) is 64.7 Å². The van der Waals surface area contributed by atoms with Crippen LogP contribution in [0.25, 0.3) is 0 Å². The van der Waals surface area contributed by atoms with E-state index in [1.54, 1.807) is 0 Å². The topological polar surface area (TPSA) is 32.3 Å². The van der Waals surface area contributed by atoms with Crippen LogP contribution in [0.3, 0.4) is 0 Å². The van der Waals surface area contributed by atoms with Crippen molar-refractivity contribution in [3.05, 3.63) is 0 Å². The normalized spacial score (nSPS) is 42.4. The molecule has 2 fully saturated rings. The second kappa shape index (κ2) is 6.02. The Morgan fingerprint density at radius 2 is 1.62 bits per heavy atom. The van der Waals surface area contributed by atoms with Gasteiger partial charge in [0.05, 0.1) is 6.10 Å². The van der Waals surface area contributed by atoms with Crippen LogP contribution in [-0.2, 0) is 0 Å². The van der Waals surface area contributed by atoms with Crippen LogP contribution in [-0.4, -0.2) is 23.3 Å². The molecule has 16 heavy (non-hydrogen) atoms. The SMILES string of the molecule is C[C@H]1CCC[C@@H]([C@@H]2CCCCCC[C@@H]2O)N1. The highest BCUT2D eigenvalue weighted by Gasteiger charge is 2.31. The molecule has 0 spiro atoms. The monoisotopic (exact) mass is 225 g/mol. The van der Waals surface area contributed by atoms with E-state index >= 15 is 0 Å². The molecule has 1 aliphatic carbocycles. The van der Waals surface area contributed by atoms with Gasteiger partial charge < -0.3 is 10.4 Å². The molecular formula is C14H27NO. The number of hydrogen-bond donors (Lipinski definition) is 2. The third-order valence-electron chi connectivity index (χ3n) is 4.45. The van der Waals surface area contributed by atoms with E-state index in [0.717, 1.165) is 6.42 Å². The Labute approximate surface area is 99.8 Å². The molecule has 0 bridgehead atoms. The van der Waals surface area contributed by atoms with Crippen LogP contribution in [0.5, 0.6) is 0 Å². The number of rotatable bonds is 1. The van der Waals surface area contributed by atoms with Crippen molar-refractivity contribution in [2.45, 2.75) is 82.9 Å². The summed E-state index contributed by atoms with van der Waals surface area (Å²) in [7, 11) is 0. The maximum absolute atomic E-state index is 10.3. The van der Waals surface area contributed by atoms with E-state index in [9.17, 15) is 5.11 Å². The third-order valence-corrected chi connectivity index (χ3v) is 4.45. The lowest BCUT2D eigenvalue weighted by Gasteiger charge is -2.38. The van der Waals surface area contributed by atoms with Gasteiger partial charge in [-0.05, 0) is 32.6 Å². The zero-order valence-corrected chi connectivity index (χ0v) is 10.6. The number of nitrogens with one attached hydrogen (secondary N) is 1. The van der Waals surface area contributed by atoms with Gasteiger partial charge in [-0.3, -0.25) is 0 Å². The Morgan fingerprint density at radius 3 is 2.38 bits per heavy atom. The van der Waals surface area contributed by atoms with Gasteiger partial charge in [0.15, 0.2) is 0 Å². The van der Waals surface area contributed by atoms with Gasteiger partial charge in [-0.15, -0.1) is 0 Å². The lowest BCUT2D eigenvalue weighted by Crippen LogP contribution is -2.48. The molecule has 0 amide bonds. The fourth-order valence-corrected chi connectivity index (χ4v) is 3.48. The van der Waals surface area contributed by atoms with Crippen molar-refractivity contribution < 1.29 is 5.11 Å². The molecule has 2 N–H and O–H groups in total. The molecule has 2 aliphatic rings. The van der Waals surface area contributed by atoms with Gasteiger partial charge in [0.25, 0.3) is 0 Å². The Bertz CT molecular complexity index is 207. The lowest BCUT2D eigenvalue weighted by molar-refractivity contribution is 0.0508. The number of hydrogen-bond acceptors (Lipinski definition) is 2. The van der Waals surface area contributed by atoms with Crippen molar-refractivity contribution in [2.24, 2.45) is 5.92 Å². The molecular weight excluding hydrogens is 198 g/mol. The highest BCUT2D eigenvalue weighted by atomic mass is 16.3. The van der Waals surface area contributed by atoms with Crippen molar-refractivity contribution in [3.63, 3.8) is 0 Å². The van der Waals surface area contributed by atoms with E-state index in [4.69, 9.17) is 0 Å². The van der Waals surface area contributed by atoms with Crippen LogP contribution in [0, 0.1) is 5.92 Å². The first-order chi connectivity index (χ1) is 7.77. The predicted octanol–water partition coefficient (Wildman–Crippen LogP) is 2.85. The van der Waals surface area contributed by atoms with Gasteiger partial charge >= 0.3 is 0 Å². The minimum absolute atomic E-state index is 0.0527. The molecule has 2 heteroatoms. The van der Waals surface area contributed by atoms with Crippen LogP contribution < -0.4 is 5.32 Å². The highest BCUT2D eigenvalue weighted by Crippen LogP contribution is 2.29. The molecule has 0 aromatic heterocycles. The molecule has 0 aromatic carbocycles. The van der Waals surface area contributed by atoms with Crippen molar-refractivity contribution in [3.8, 4) is 0 Å². The second-order valence-electron chi connectivity index (χ2n) is 5.83. The van der Waals surface area contributed by atoms with Crippen LogP contribution in [0.4, 0.5) is 0 Å². The molecule has 2 rings (SSSR count). The number of piperidine rings is 1. The summed E-state index contributed by atoms with van der Waals surface area (Å²) in [5, 5.41) is 14.0. The molecule has 1 aliphatic heterocycles. The molecule has 0 radical (unpaired) electrons. The molecule has 4 atom stereocenters. The van der Waals surface area contributed by atoms with Crippen LogP contribution >= 0.6 is 0 Å². The van der Waals surface area contributed by atoms with E-state index in [2.05, 4.69) is 12.2 Å². The van der Waals surface area contributed by atoms with E-state index < -0.39 is 0 Å². The Hall–Kier alpha value is -0.0800. The summed E-state index contributed by atoms with van der Waals surface area (Å²) < 4.78 is 0. The van der Waals surface area contributed by atoms with Crippen molar-refractivity contribution in [1.82, 2.24) is 5.32 Å². The van der Waals surface area contributed by atoms with Crippen molar-refractivity contribution >= 4 is 0 Å². The number of aliphatic hydroxyl groups excluding tert-OH is 1. The third kappa shape index (κ3) is 3.21. The fraction of sp³-hybridized carbons (Fsp3) is 1.00. The highest BCUT2D eigenvalue weighted by molar-refractivity contribution is 4.87. The zero-order chi connectivity index (χ0) is 11.4. The summed E-state index contributed by atoms with van der Waals surface area (Å²) in [6, 6.07) is 1.23. The predicted molar refractivity (Wildman–Crippen MR) is 67.4 cm³/mol. The number of aliphatic hydroxyl groups is 1. The Balaban J connectivity index is 1.92.